The van der Waals surface area contributed by atoms with Crippen molar-refractivity contribution in [2.24, 2.45) is 0 Å². The van der Waals surface area contributed by atoms with E-state index in [1.807, 2.05) is 0 Å². The van der Waals surface area contributed by atoms with Crippen LogP contribution in [0.4, 0.5) is 0 Å². The van der Waals surface area contributed by atoms with Crippen molar-refractivity contribution in [3.8, 4) is 0 Å². The van der Waals surface area contributed by atoms with Crippen molar-refractivity contribution in [2.75, 3.05) is 19.6 Å². The summed E-state index contributed by atoms with van der Waals surface area (Å²) in [5, 5.41) is 8.54. The Morgan fingerprint density at radius 3 is 1.88 bits per heavy atom. The topological polar surface area (TPSA) is 40.5 Å². The molecule has 0 aliphatic carbocycles. The summed E-state index contributed by atoms with van der Waals surface area (Å²) < 4.78 is 0. The van der Waals surface area contributed by atoms with Gasteiger partial charge in [0, 0.05) is 6.42 Å². The fourth-order valence-electron chi connectivity index (χ4n) is 1.89. The first-order valence-electron chi connectivity index (χ1n) is 7.14. The average molecular weight is 243 g/mol. The molecule has 0 radical (unpaired) electrons. The Kier molecular flexibility index (Phi) is 11.5. The predicted molar refractivity (Wildman–Crippen MR) is 72.4 cm³/mol. The van der Waals surface area contributed by atoms with Crippen molar-refractivity contribution in [3.05, 3.63) is 0 Å². The number of nitrogens with zero attached hydrogens (tertiary/aromatic N) is 1. The first kappa shape index (κ1) is 16.4. The van der Waals surface area contributed by atoms with Crippen LogP contribution >= 0.6 is 0 Å². The Bertz CT molecular complexity index is 175. The SMILES string of the molecule is CCCCN(CCCC)CCCCCC(=O)O. The third-order valence-corrected chi connectivity index (χ3v) is 3.02. The molecule has 0 aromatic heterocycles. The van der Waals surface area contributed by atoms with E-state index in [0.29, 0.717) is 6.42 Å². The van der Waals surface area contributed by atoms with Gasteiger partial charge in [0.1, 0.15) is 0 Å². The van der Waals surface area contributed by atoms with Crippen LogP contribution in [0.3, 0.4) is 0 Å². The van der Waals surface area contributed by atoms with Gasteiger partial charge < -0.3 is 10.0 Å². The van der Waals surface area contributed by atoms with Crippen LogP contribution in [-0.2, 0) is 4.79 Å². The van der Waals surface area contributed by atoms with E-state index in [4.69, 9.17) is 5.11 Å². The molecular weight excluding hydrogens is 214 g/mol. The molecule has 102 valence electrons. The van der Waals surface area contributed by atoms with Gasteiger partial charge in [0.2, 0.25) is 0 Å². The molecule has 0 unspecified atom stereocenters. The minimum atomic E-state index is -0.668. The van der Waals surface area contributed by atoms with Crippen LogP contribution in [-0.4, -0.2) is 35.6 Å². The molecule has 0 aliphatic rings. The molecule has 1 N–H and O–H groups in total. The lowest BCUT2D eigenvalue weighted by Crippen LogP contribution is -2.27. The first-order valence-corrected chi connectivity index (χ1v) is 7.14. The molecule has 17 heavy (non-hydrogen) atoms. The summed E-state index contributed by atoms with van der Waals surface area (Å²) >= 11 is 0. The molecule has 0 bridgehead atoms. The summed E-state index contributed by atoms with van der Waals surface area (Å²) in [6.45, 7) is 8.00. The van der Waals surface area contributed by atoms with Crippen molar-refractivity contribution in [3.63, 3.8) is 0 Å². The molecule has 0 aromatic carbocycles. The Morgan fingerprint density at radius 2 is 1.41 bits per heavy atom. The molecule has 0 saturated heterocycles. The monoisotopic (exact) mass is 243 g/mol. The van der Waals surface area contributed by atoms with Crippen molar-refractivity contribution < 1.29 is 9.90 Å². The van der Waals surface area contributed by atoms with Crippen molar-refractivity contribution >= 4 is 5.97 Å². The second-order valence-corrected chi connectivity index (χ2v) is 4.75. The quantitative estimate of drug-likeness (QED) is 0.533. The van der Waals surface area contributed by atoms with Gasteiger partial charge in [0.05, 0.1) is 0 Å². The number of carboxylic acids is 1. The zero-order valence-corrected chi connectivity index (χ0v) is 11.6. The van der Waals surface area contributed by atoms with Crippen LogP contribution in [0.2, 0.25) is 0 Å². The number of carboxylic acid groups (broad SMARTS) is 1. The van der Waals surface area contributed by atoms with E-state index in [-0.39, 0.29) is 0 Å². The second-order valence-electron chi connectivity index (χ2n) is 4.75. The molecule has 0 aromatic rings. The molecule has 0 amide bonds. The van der Waals surface area contributed by atoms with E-state index in [1.54, 1.807) is 0 Å². The van der Waals surface area contributed by atoms with E-state index >= 15 is 0 Å². The van der Waals surface area contributed by atoms with Crippen LogP contribution in [0.15, 0.2) is 0 Å². The molecule has 0 aliphatic heterocycles. The summed E-state index contributed by atoms with van der Waals surface area (Å²) in [5.74, 6) is -0.668. The predicted octanol–water partition coefficient (Wildman–Crippen LogP) is 3.53. The molecule has 0 rings (SSSR count). The van der Waals surface area contributed by atoms with Crippen molar-refractivity contribution in [2.45, 2.75) is 65.2 Å². The zero-order valence-electron chi connectivity index (χ0n) is 11.6. The van der Waals surface area contributed by atoms with Gasteiger partial charge in [0.15, 0.2) is 0 Å². The van der Waals surface area contributed by atoms with Gasteiger partial charge in [0.25, 0.3) is 0 Å². The molecule has 0 fully saturated rings. The highest BCUT2D eigenvalue weighted by atomic mass is 16.4. The smallest absolute Gasteiger partial charge is 0.303 e. The van der Waals surface area contributed by atoms with Gasteiger partial charge >= 0.3 is 5.97 Å². The number of aliphatic carboxylic acids is 1. The normalized spacial score (nSPS) is 11.0. The lowest BCUT2D eigenvalue weighted by molar-refractivity contribution is -0.137. The standard InChI is InChI=1S/C14H29NO2/c1-3-5-11-15(12-6-4-2)13-9-7-8-10-14(16)17/h3-13H2,1-2H3,(H,16,17). The highest BCUT2D eigenvalue weighted by molar-refractivity contribution is 5.66. The van der Waals surface area contributed by atoms with E-state index < -0.39 is 5.97 Å². The van der Waals surface area contributed by atoms with E-state index in [0.717, 1.165) is 25.8 Å². The fraction of sp³-hybridized carbons (Fsp3) is 0.929. The van der Waals surface area contributed by atoms with Crippen LogP contribution in [0.25, 0.3) is 0 Å². The maximum Gasteiger partial charge on any atom is 0.303 e. The molecule has 0 spiro atoms. The van der Waals surface area contributed by atoms with Gasteiger partial charge in [-0.2, -0.15) is 0 Å². The fourth-order valence-corrected chi connectivity index (χ4v) is 1.89. The van der Waals surface area contributed by atoms with Crippen molar-refractivity contribution in [1.29, 1.82) is 0 Å². The Morgan fingerprint density at radius 1 is 0.882 bits per heavy atom. The highest BCUT2D eigenvalue weighted by Gasteiger charge is 2.03. The van der Waals surface area contributed by atoms with Crippen molar-refractivity contribution in [1.82, 2.24) is 4.90 Å². The number of rotatable bonds is 12. The second kappa shape index (κ2) is 11.9. The van der Waals surface area contributed by atoms with Gasteiger partial charge in [-0.25, -0.2) is 0 Å². The maximum absolute atomic E-state index is 10.4. The molecule has 3 heteroatoms. The summed E-state index contributed by atoms with van der Waals surface area (Å²) in [6.07, 6.45) is 8.39. The molecule has 0 atom stereocenters. The highest BCUT2D eigenvalue weighted by Crippen LogP contribution is 2.05. The summed E-state index contributed by atoms with van der Waals surface area (Å²) in [6, 6.07) is 0. The van der Waals surface area contributed by atoms with Crippen LogP contribution in [0.1, 0.15) is 65.2 Å². The lowest BCUT2D eigenvalue weighted by Gasteiger charge is -2.21. The van der Waals surface area contributed by atoms with E-state index in [2.05, 4.69) is 18.7 Å². The Hall–Kier alpha value is -0.570. The number of hydrogen-bond acceptors (Lipinski definition) is 2. The van der Waals surface area contributed by atoms with Gasteiger partial charge in [-0.3, -0.25) is 4.79 Å². The molecule has 0 heterocycles. The Balaban J connectivity index is 3.55. The van der Waals surface area contributed by atoms with Crippen LogP contribution < -0.4 is 0 Å². The van der Waals surface area contributed by atoms with Crippen LogP contribution in [0.5, 0.6) is 0 Å². The van der Waals surface area contributed by atoms with Gasteiger partial charge in [-0.1, -0.05) is 33.1 Å². The maximum atomic E-state index is 10.4. The first-order chi connectivity index (χ1) is 8.20. The van der Waals surface area contributed by atoms with Crippen LogP contribution in [0, 0.1) is 0 Å². The number of carbonyl (C=O) groups is 1. The van der Waals surface area contributed by atoms with E-state index in [9.17, 15) is 4.79 Å². The van der Waals surface area contributed by atoms with Gasteiger partial charge in [-0.15, -0.1) is 0 Å². The summed E-state index contributed by atoms with van der Waals surface area (Å²) in [4.78, 5) is 12.9. The lowest BCUT2D eigenvalue weighted by atomic mass is 10.1. The third-order valence-electron chi connectivity index (χ3n) is 3.02. The minimum Gasteiger partial charge on any atom is -0.481 e. The number of hydrogen-bond donors (Lipinski definition) is 1. The summed E-state index contributed by atoms with van der Waals surface area (Å²) in [7, 11) is 0. The number of unbranched alkanes of at least 4 members (excludes halogenated alkanes) is 4. The largest absolute Gasteiger partial charge is 0.481 e. The third kappa shape index (κ3) is 11.7. The molecule has 3 nitrogen and oxygen atoms in total. The zero-order chi connectivity index (χ0) is 12.9. The summed E-state index contributed by atoms with van der Waals surface area (Å²) in [5.41, 5.74) is 0. The molecule has 0 saturated carbocycles. The van der Waals surface area contributed by atoms with E-state index in [1.165, 1.54) is 38.8 Å². The Labute approximate surface area is 106 Å². The average Bonchev–Trinajstić information content (AvgIpc) is 2.30. The van der Waals surface area contributed by atoms with Gasteiger partial charge in [-0.05, 0) is 45.3 Å². The minimum absolute atomic E-state index is 0.323. The molecular formula is C14H29NO2.